The predicted molar refractivity (Wildman–Crippen MR) is 123 cm³/mol. The lowest BCUT2D eigenvalue weighted by Crippen LogP contribution is -2.27. The van der Waals surface area contributed by atoms with Gasteiger partial charge >= 0.3 is 0 Å². The maximum absolute atomic E-state index is 14.8. The van der Waals surface area contributed by atoms with Crippen molar-refractivity contribution in [3.63, 3.8) is 0 Å². The summed E-state index contributed by atoms with van der Waals surface area (Å²) < 4.78 is 16.0. The number of carbonyl (C=O) groups excluding carboxylic acids is 1. The first kappa shape index (κ1) is 19.9. The third-order valence-electron chi connectivity index (χ3n) is 5.70. The van der Waals surface area contributed by atoms with E-state index in [2.05, 4.69) is 15.3 Å². The Balaban J connectivity index is 1.62. The summed E-state index contributed by atoms with van der Waals surface area (Å²) in [7, 11) is 0. The molecule has 1 aromatic heterocycles. The second-order valence-electron chi connectivity index (χ2n) is 7.73. The van der Waals surface area contributed by atoms with Crippen molar-refractivity contribution in [3.8, 4) is 5.69 Å². The summed E-state index contributed by atoms with van der Waals surface area (Å²) in [6.45, 7) is 1.62. The Labute approximate surface area is 183 Å². The van der Waals surface area contributed by atoms with Crippen LogP contribution in [-0.2, 0) is 0 Å². The minimum absolute atomic E-state index is 0.0553. The number of para-hydroxylation sites is 2. The van der Waals surface area contributed by atoms with Gasteiger partial charge in [0.05, 0.1) is 16.8 Å². The summed E-state index contributed by atoms with van der Waals surface area (Å²) in [6, 6.07) is 20.5. The molecule has 160 valence electrons. The fourth-order valence-electron chi connectivity index (χ4n) is 4.13. The molecule has 2 heterocycles. The number of hydrogen-bond donors (Lipinski definition) is 1. The minimum atomic E-state index is -0.573. The normalized spacial score (nSPS) is 13.5. The van der Waals surface area contributed by atoms with Crippen LogP contribution >= 0.6 is 0 Å². The highest BCUT2D eigenvalue weighted by atomic mass is 19.1. The van der Waals surface area contributed by atoms with Crippen LogP contribution < -0.4 is 15.8 Å². The van der Waals surface area contributed by atoms with E-state index < -0.39 is 11.7 Å². The molecule has 32 heavy (non-hydrogen) atoms. The maximum Gasteiger partial charge on any atom is 0.279 e. The predicted octanol–water partition coefficient (Wildman–Crippen LogP) is 4.38. The Bertz CT molecular complexity index is 1360. The topological polar surface area (TPSA) is 67.2 Å². The molecule has 1 aliphatic rings. The number of carbonyl (C=O) groups is 1. The summed E-state index contributed by atoms with van der Waals surface area (Å²) in [4.78, 5) is 28.5. The molecule has 0 atom stereocenters. The highest BCUT2D eigenvalue weighted by Gasteiger charge is 2.23. The average molecular weight is 428 g/mol. The van der Waals surface area contributed by atoms with Crippen LogP contribution in [0, 0.1) is 5.82 Å². The summed E-state index contributed by atoms with van der Waals surface area (Å²) in [5.74, 6) is -1.08. The zero-order valence-corrected chi connectivity index (χ0v) is 17.3. The smallest absolute Gasteiger partial charge is 0.279 e. The Kier molecular flexibility index (Phi) is 5.15. The summed E-state index contributed by atoms with van der Waals surface area (Å²) >= 11 is 0. The monoisotopic (exact) mass is 428 g/mol. The van der Waals surface area contributed by atoms with Crippen LogP contribution in [0.2, 0.25) is 0 Å². The van der Waals surface area contributed by atoms with E-state index in [1.807, 2.05) is 6.07 Å². The van der Waals surface area contributed by atoms with Crippen LogP contribution in [-0.4, -0.2) is 28.8 Å². The summed E-state index contributed by atoms with van der Waals surface area (Å²) in [6.07, 6.45) is 2.05. The van der Waals surface area contributed by atoms with Crippen LogP contribution in [0.5, 0.6) is 0 Å². The first-order valence-electron chi connectivity index (χ1n) is 10.6. The number of nitrogens with one attached hydrogen (secondary N) is 1. The third-order valence-corrected chi connectivity index (χ3v) is 5.70. The van der Waals surface area contributed by atoms with Crippen LogP contribution in [0.4, 0.5) is 15.8 Å². The van der Waals surface area contributed by atoms with E-state index in [4.69, 9.17) is 0 Å². The SMILES string of the molecule is O=C(Nc1c(F)cccc1N1CCCC1)c1nn(-c2ccccc2)c(=O)c2ccccc12. The molecule has 4 aromatic rings. The molecule has 0 bridgehead atoms. The number of amides is 1. The summed E-state index contributed by atoms with van der Waals surface area (Å²) in [5.41, 5.74) is 1.05. The molecule has 0 unspecified atom stereocenters. The maximum atomic E-state index is 14.8. The first-order chi connectivity index (χ1) is 15.6. The van der Waals surface area contributed by atoms with E-state index in [1.54, 1.807) is 60.7 Å². The van der Waals surface area contributed by atoms with Gasteiger partial charge in [-0.3, -0.25) is 9.59 Å². The molecule has 6 nitrogen and oxygen atoms in total. The third kappa shape index (κ3) is 3.51. The Morgan fingerprint density at radius 2 is 1.56 bits per heavy atom. The van der Waals surface area contributed by atoms with Crippen LogP contribution in [0.1, 0.15) is 23.3 Å². The molecule has 1 aliphatic heterocycles. The summed E-state index contributed by atoms with van der Waals surface area (Å²) in [5, 5.41) is 7.89. The van der Waals surface area contributed by atoms with Crippen molar-refractivity contribution in [1.29, 1.82) is 0 Å². The zero-order chi connectivity index (χ0) is 22.1. The van der Waals surface area contributed by atoms with E-state index in [-0.39, 0.29) is 16.9 Å². The van der Waals surface area contributed by atoms with Crippen LogP contribution in [0.25, 0.3) is 16.5 Å². The van der Waals surface area contributed by atoms with Gasteiger partial charge in [-0.05, 0) is 43.2 Å². The van der Waals surface area contributed by atoms with Crippen LogP contribution in [0.15, 0.2) is 77.6 Å². The molecule has 7 heteroatoms. The number of rotatable bonds is 4. The number of fused-ring (bicyclic) bond motifs is 1. The molecule has 5 rings (SSSR count). The van der Waals surface area contributed by atoms with Gasteiger partial charge in [-0.2, -0.15) is 9.78 Å². The number of nitrogens with zero attached hydrogens (tertiary/aromatic N) is 3. The fourth-order valence-corrected chi connectivity index (χ4v) is 4.13. The highest BCUT2D eigenvalue weighted by molar-refractivity contribution is 6.12. The molecule has 0 aliphatic carbocycles. The highest BCUT2D eigenvalue weighted by Crippen LogP contribution is 2.32. The van der Waals surface area contributed by atoms with Gasteiger partial charge in [0.15, 0.2) is 5.69 Å². The number of benzene rings is 3. The largest absolute Gasteiger partial charge is 0.370 e. The lowest BCUT2D eigenvalue weighted by atomic mass is 10.1. The molecule has 1 amide bonds. The van der Waals surface area contributed by atoms with Crippen molar-refractivity contribution in [3.05, 3.63) is 94.7 Å². The quantitative estimate of drug-likeness (QED) is 0.524. The number of aromatic nitrogens is 2. The second-order valence-corrected chi connectivity index (χ2v) is 7.73. The molecule has 3 aromatic carbocycles. The van der Waals surface area contributed by atoms with E-state index in [1.165, 1.54) is 10.7 Å². The second kappa shape index (κ2) is 8.26. The molecule has 1 saturated heterocycles. The van der Waals surface area contributed by atoms with Gasteiger partial charge in [-0.1, -0.05) is 42.5 Å². The van der Waals surface area contributed by atoms with Crippen molar-refractivity contribution in [2.24, 2.45) is 0 Å². The van der Waals surface area contributed by atoms with Crippen LogP contribution in [0.3, 0.4) is 0 Å². The molecule has 0 spiro atoms. The first-order valence-corrected chi connectivity index (χ1v) is 10.6. The lowest BCUT2D eigenvalue weighted by molar-refractivity contribution is 0.102. The minimum Gasteiger partial charge on any atom is -0.370 e. The molecular weight excluding hydrogens is 407 g/mol. The van der Waals surface area contributed by atoms with Gasteiger partial charge in [-0.15, -0.1) is 0 Å². The van der Waals surface area contributed by atoms with E-state index in [0.29, 0.717) is 22.1 Å². The molecule has 0 radical (unpaired) electrons. The van der Waals surface area contributed by atoms with E-state index in [9.17, 15) is 14.0 Å². The standard InChI is InChI=1S/C25H21FN4O2/c26-20-13-8-14-21(29-15-6-7-16-29)23(20)27-24(31)22-18-11-4-5-12-19(18)25(32)30(28-22)17-9-2-1-3-10-17/h1-5,8-14H,6-7,15-16H2,(H,27,31). The van der Waals surface area contributed by atoms with E-state index in [0.717, 1.165) is 25.9 Å². The van der Waals surface area contributed by atoms with Crippen molar-refractivity contribution < 1.29 is 9.18 Å². The van der Waals surface area contributed by atoms with Gasteiger partial charge < -0.3 is 10.2 Å². The Morgan fingerprint density at radius 1 is 0.875 bits per heavy atom. The molecule has 0 saturated carbocycles. The lowest BCUT2D eigenvalue weighted by Gasteiger charge is -2.22. The van der Waals surface area contributed by atoms with E-state index >= 15 is 0 Å². The van der Waals surface area contributed by atoms with Gasteiger partial charge in [-0.25, -0.2) is 4.39 Å². The fraction of sp³-hybridized carbons (Fsp3) is 0.160. The van der Waals surface area contributed by atoms with Gasteiger partial charge in [0.2, 0.25) is 0 Å². The molecular formula is C25H21FN4O2. The Morgan fingerprint density at radius 3 is 2.31 bits per heavy atom. The van der Waals surface area contributed by atoms with Gasteiger partial charge in [0.25, 0.3) is 11.5 Å². The van der Waals surface area contributed by atoms with Crippen molar-refractivity contribution in [2.45, 2.75) is 12.8 Å². The molecule has 1 fully saturated rings. The van der Waals surface area contributed by atoms with Gasteiger partial charge in [0.1, 0.15) is 11.5 Å². The molecule has 1 N–H and O–H groups in total. The van der Waals surface area contributed by atoms with Crippen molar-refractivity contribution >= 4 is 28.1 Å². The number of halogens is 1. The van der Waals surface area contributed by atoms with Crippen molar-refractivity contribution in [1.82, 2.24) is 9.78 Å². The average Bonchev–Trinajstić information content (AvgIpc) is 3.36. The van der Waals surface area contributed by atoms with Crippen molar-refractivity contribution in [2.75, 3.05) is 23.3 Å². The zero-order valence-electron chi connectivity index (χ0n) is 17.3. The number of anilines is 2. The van der Waals surface area contributed by atoms with Gasteiger partial charge in [0, 0.05) is 18.5 Å². The number of hydrogen-bond acceptors (Lipinski definition) is 4. The Hall–Kier alpha value is -4.00.